The monoisotopic (exact) mass is 255 g/mol. The van der Waals surface area contributed by atoms with Crippen LogP contribution >= 0.6 is 0 Å². The minimum absolute atomic E-state index is 0.603. The molecule has 0 atom stereocenters. The Kier molecular flexibility index (Phi) is 3.07. The van der Waals surface area contributed by atoms with Gasteiger partial charge < -0.3 is 10.1 Å². The number of ether oxygens (including phenoxy) is 1. The van der Waals surface area contributed by atoms with Crippen molar-refractivity contribution in [2.45, 2.75) is 26.7 Å². The van der Waals surface area contributed by atoms with E-state index in [1.807, 2.05) is 32.0 Å². The first-order valence-electron chi connectivity index (χ1n) is 6.58. The van der Waals surface area contributed by atoms with E-state index in [-0.39, 0.29) is 0 Å². The number of aromatic nitrogens is 2. The minimum atomic E-state index is 0.603. The number of benzene rings is 1. The van der Waals surface area contributed by atoms with E-state index in [4.69, 9.17) is 4.74 Å². The van der Waals surface area contributed by atoms with Gasteiger partial charge in [-0.15, -0.1) is 0 Å². The Labute approximate surface area is 112 Å². The summed E-state index contributed by atoms with van der Waals surface area (Å²) in [6.45, 7) is 4.81. The van der Waals surface area contributed by atoms with Crippen LogP contribution in [0.25, 0.3) is 0 Å². The van der Waals surface area contributed by atoms with Gasteiger partial charge in [0.2, 0.25) is 5.88 Å². The first-order chi connectivity index (χ1) is 9.22. The molecule has 3 rings (SSSR count). The van der Waals surface area contributed by atoms with Gasteiger partial charge in [0.15, 0.2) is 5.75 Å². The number of nitrogens with zero attached hydrogens (tertiary/aromatic N) is 2. The van der Waals surface area contributed by atoms with Gasteiger partial charge in [0.1, 0.15) is 5.82 Å². The van der Waals surface area contributed by atoms with Crippen LogP contribution < -0.4 is 10.1 Å². The van der Waals surface area contributed by atoms with Gasteiger partial charge in [0, 0.05) is 18.3 Å². The zero-order chi connectivity index (χ0) is 13.2. The maximum atomic E-state index is 5.92. The second-order valence-electron chi connectivity index (χ2n) is 4.82. The zero-order valence-electron chi connectivity index (χ0n) is 11.2. The van der Waals surface area contributed by atoms with Crippen molar-refractivity contribution in [2.24, 2.45) is 0 Å². The Bertz CT molecular complexity index is 590. The topological polar surface area (TPSA) is 47.0 Å². The predicted octanol–water partition coefficient (Wildman–Crippen LogP) is 3.24. The van der Waals surface area contributed by atoms with E-state index < -0.39 is 0 Å². The molecule has 1 aliphatic heterocycles. The van der Waals surface area contributed by atoms with Crippen LogP contribution in [0.1, 0.15) is 23.5 Å². The number of hydrogen-bond donors (Lipinski definition) is 1. The summed E-state index contributed by atoms with van der Waals surface area (Å²) in [6.07, 6.45) is 2.27. The first kappa shape index (κ1) is 12.0. The highest BCUT2D eigenvalue weighted by molar-refractivity contribution is 5.64. The van der Waals surface area contributed by atoms with Crippen molar-refractivity contribution in [3.05, 3.63) is 41.3 Å². The van der Waals surface area contributed by atoms with Crippen molar-refractivity contribution < 1.29 is 4.74 Å². The third-order valence-electron chi connectivity index (χ3n) is 3.19. The third kappa shape index (κ3) is 2.52. The lowest BCUT2D eigenvalue weighted by Gasteiger charge is -2.20. The SMILES string of the molecule is Cc1cc(Oc2cccc3c2NCCC3)nc(C)n1. The Morgan fingerprint density at radius 3 is 2.95 bits per heavy atom. The fourth-order valence-electron chi connectivity index (χ4n) is 2.41. The van der Waals surface area contributed by atoms with E-state index in [2.05, 4.69) is 21.4 Å². The molecule has 4 heteroatoms. The van der Waals surface area contributed by atoms with Crippen LogP contribution in [0.4, 0.5) is 5.69 Å². The molecule has 0 spiro atoms. The summed E-state index contributed by atoms with van der Waals surface area (Å²) in [7, 11) is 0. The summed E-state index contributed by atoms with van der Waals surface area (Å²) in [5.74, 6) is 2.17. The predicted molar refractivity (Wildman–Crippen MR) is 74.8 cm³/mol. The molecule has 0 fully saturated rings. The molecule has 19 heavy (non-hydrogen) atoms. The largest absolute Gasteiger partial charge is 0.437 e. The summed E-state index contributed by atoms with van der Waals surface area (Å²) in [6, 6.07) is 8.01. The van der Waals surface area contributed by atoms with Crippen molar-refractivity contribution >= 4 is 5.69 Å². The van der Waals surface area contributed by atoms with Crippen molar-refractivity contribution in [3.8, 4) is 11.6 Å². The maximum absolute atomic E-state index is 5.92. The van der Waals surface area contributed by atoms with Gasteiger partial charge in [-0.1, -0.05) is 12.1 Å². The van der Waals surface area contributed by atoms with Gasteiger partial charge in [-0.3, -0.25) is 0 Å². The van der Waals surface area contributed by atoms with E-state index in [9.17, 15) is 0 Å². The molecule has 0 aliphatic carbocycles. The first-order valence-corrected chi connectivity index (χ1v) is 6.58. The maximum Gasteiger partial charge on any atom is 0.222 e. The normalized spacial score (nSPS) is 13.6. The molecular weight excluding hydrogens is 238 g/mol. The van der Waals surface area contributed by atoms with Gasteiger partial charge in [0.25, 0.3) is 0 Å². The summed E-state index contributed by atoms with van der Waals surface area (Å²) >= 11 is 0. The molecular formula is C15H17N3O. The Morgan fingerprint density at radius 1 is 1.21 bits per heavy atom. The highest BCUT2D eigenvalue weighted by Gasteiger charge is 2.14. The van der Waals surface area contributed by atoms with Crippen LogP contribution in [-0.4, -0.2) is 16.5 Å². The number of anilines is 1. The molecule has 1 aliphatic rings. The van der Waals surface area contributed by atoms with Gasteiger partial charge in [-0.2, -0.15) is 4.98 Å². The van der Waals surface area contributed by atoms with E-state index in [0.29, 0.717) is 5.88 Å². The zero-order valence-corrected chi connectivity index (χ0v) is 11.2. The Morgan fingerprint density at radius 2 is 2.11 bits per heavy atom. The number of aryl methyl sites for hydroxylation is 3. The van der Waals surface area contributed by atoms with Gasteiger partial charge in [-0.05, 0) is 38.3 Å². The van der Waals surface area contributed by atoms with Crippen LogP contribution in [-0.2, 0) is 6.42 Å². The molecule has 0 bridgehead atoms. The van der Waals surface area contributed by atoms with Gasteiger partial charge in [0.05, 0.1) is 5.69 Å². The second-order valence-corrected chi connectivity index (χ2v) is 4.82. The molecule has 0 saturated heterocycles. The summed E-state index contributed by atoms with van der Waals surface area (Å²) < 4.78 is 5.92. The molecule has 4 nitrogen and oxygen atoms in total. The molecule has 2 aromatic rings. The summed E-state index contributed by atoms with van der Waals surface area (Å²) in [5, 5.41) is 3.41. The van der Waals surface area contributed by atoms with Crippen molar-refractivity contribution in [3.63, 3.8) is 0 Å². The number of nitrogens with one attached hydrogen (secondary N) is 1. The van der Waals surface area contributed by atoms with Gasteiger partial charge >= 0.3 is 0 Å². The van der Waals surface area contributed by atoms with Crippen LogP contribution in [0.2, 0.25) is 0 Å². The number of rotatable bonds is 2. The van der Waals surface area contributed by atoms with Gasteiger partial charge in [-0.25, -0.2) is 4.98 Å². The third-order valence-corrected chi connectivity index (χ3v) is 3.19. The number of para-hydroxylation sites is 1. The van der Waals surface area contributed by atoms with Crippen LogP contribution in [0.3, 0.4) is 0 Å². The highest BCUT2D eigenvalue weighted by Crippen LogP contribution is 2.34. The summed E-state index contributed by atoms with van der Waals surface area (Å²) in [5.41, 5.74) is 3.33. The van der Waals surface area contributed by atoms with E-state index >= 15 is 0 Å². The fourth-order valence-corrected chi connectivity index (χ4v) is 2.41. The quantitative estimate of drug-likeness (QED) is 0.894. The molecule has 0 saturated carbocycles. The lowest BCUT2D eigenvalue weighted by molar-refractivity contribution is 0.459. The number of hydrogen-bond acceptors (Lipinski definition) is 4. The second kappa shape index (κ2) is 4.88. The standard InChI is InChI=1S/C15H17N3O/c1-10-9-14(18-11(2)17-10)19-13-7-3-5-12-6-4-8-16-15(12)13/h3,5,7,9,16H,4,6,8H2,1-2H3. The van der Waals surface area contributed by atoms with E-state index in [0.717, 1.165) is 35.9 Å². The molecule has 2 heterocycles. The molecule has 1 aromatic heterocycles. The average molecular weight is 255 g/mol. The molecule has 0 unspecified atom stereocenters. The van der Waals surface area contributed by atoms with Crippen molar-refractivity contribution in [2.75, 3.05) is 11.9 Å². The highest BCUT2D eigenvalue weighted by atomic mass is 16.5. The molecule has 1 N–H and O–H groups in total. The molecule has 1 aromatic carbocycles. The lowest BCUT2D eigenvalue weighted by Crippen LogP contribution is -2.12. The van der Waals surface area contributed by atoms with E-state index in [1.54, 1.807) is 0 Å². The van der Waals surface area contributed by atoms with Crippen molar-refractivity contribution in [1.82, 2.24) is 9.97 Å². The van der Waals surface area contributed by atoms with E-state index in [1.165, 1.54) is 12.0 Å². The van der Waals surface area contributed by atoms with Crippen molar-refractivity contribution in [1.29, 1.82) is 0 Å². The van der Waals surface area contributed by atoms with Crippen LogP contribution in [0.5, 0.6) is 11.6 Å². The lowest BCUT2D eigenvalue weighted by atomic mass is 10.0. The molecule has 98 valence electrons. The minimum Gasteiger partial charge on any atom is -0.437 e. The Hall–Kier alpha value is -2.10. The fraction of sp³-hybridized carbons (Fsp3) is 0.333. The Balaban J connectivity index is 1.95. The average Bonchev–Trinajstić information content (AvgIpc) is 2.38. The van der Waals surface area contributed by atoms with Crippen LogP contribution in [0.15, 0.2) is 24.3 Å². The smallest absolute Gasteiger partial charge is 0.222 e. The van der Waals surface area contributed by atoms with Crippen LogP contribution in [0, 0.1) is 13.8 Å². The summed E-state index contributed by atoms with van der Waals surface area (Å²) in [4.78, 5) is 8.57. The molecule has 0 amide bonds. The molecule has 0 radical (unpaired) electrons. The number of fused-ring (bicyclic) bond motifs is 1.